The molecular weight excluding hydrogens is 361 g/mol. The van der Waals surface area contributed by atoms with Crippen LogP contribution in [-0.4, -0.2) is 40.5 Å². The molecule has 0 amide bonds. The molecule has 1 aliphatic heterocycles. The maximum atomic E-state index is 13.2. The molecule has 4 nitrogen and oxygen atoms in total. The first-order valence-corrected chi connectivity index (χ1v) is 9.22. The molecule has 1 aliphatic rings. The number of thioether (sulfide) groups is 2. The van der Waals surface area contributed by atoms with Crippen LogP contribution >= 0.6 is 23.5 Å². The molecule has 9 heteroatoms. The Labute approximate surface area is 145 Å². The van der Waals surface area contributed by atoms with E-state index in [9.17, 15) is 18.0 Å². The van der Waals surface area contributed by atoms with E-state index in [1.807, 2.05) is 6.26 Å². The lowest BCUT2D eigenvalue weighted by molar-refractivity contribution is -0.138. The predicted molar refractivity (Wildman–Crippen MR) is 90.5 cm³/mol. The molecule has 1 unspecified atom stereocenters. The van der Waals surface area contributed by atoms with Gasteiger partial charge in [0.25, 0.3) is 0 Å². The summed E-state index contributed by atoms with van der Waals surface area (Å²) in [5.41, 5.74) is -0.402. The minimum Gasteiger partial charge on any atom is -0.481 e. The fraction of sp³-hybridized carbons (Fsp3) is 0.333. The van der Waals surface area contributed by atoms with Crippen LogP contribution < -0.4 is 5.32 Å². The Hall–Kier alpha value is -1.61. The zero-order valence-corrected chi connectivity index (χ0v) is 14.5. The fourth-order valence-corrected chi connectivity index (χ4v) is 3.24. The van der Waals surface area contributed by atoms with E-state index in [-0.39, 0.29) is 5.71 Å². The standard InChI is InChI=1S/C15H15F3N2O2S2/c1-23-10-5-3-9(4-6-10)11-7-12(15(16,17)18)20-14(19-11,24-2)8-13(21)22/h3-7,20H,8H2,1-2H3,(H,21,22). The van der Waals surface area contributed by atoms with Crippen LogP contribution in [0, 0.1) is 0 Å². The average molecular weight is 376 g/mol. The third-order valence-corrected chi connectivity index (χ3v) is 5.09. The van der Waals surface area contributed by atoms with Crippen molar-refractivity contribution in [1.29, 1.82) is 0 Å². The van der Waals surface area contributed by atoms with Crippen molar-refractivity contribution < 1.29 is 23.1 Å². The first kappa shape index (κ1) is 18.7. The number of benzene rings is 1. The van der Waals surface area contributed by atoms with Crippen molar-refractivity contribution in [1.82, 2.24) is 5.32 Å². The van der Waals surface area contributed by atoms with Gasteiger partial charge >= 0.3 is 12.1 Å². The van der Waals surface area contributed by atoms with Gasteiger partial charge in [-0.15, -0.1) is 23.5 Å². The monoisotopic (exact) mass is 376 g/mol. The third-order valence-electron chi connectivity index (χ3n) is 3.33. The summed E-state index contributed by atoms with van der Waals surface area (Å²) >= 11 is 2.44. The van der Waals surface area contributed by atoms with Crippen molar-refractivity contribution >= 4 is 35.2 Å². The van der Waals surface area contributed by atoms with E-state index in [0.29, 0.717) is 5.56 Å². The number of aliphatic imine (C=N–C) groups is 1. The minimum absolute atomic E-state index is 0.101. The number of carboxylic acids is 1. The van der Waals surface area contributed by atoms with Gasteiger partial charge in [0, 0.05) is 4.90 Å². The highest BCUT2D eigenvalue weighted by Gasteiger charge is 2.44. The van der Waals surface area contributed by atoms with Crippen LogP contribution in [0.25, 0.3) is 0 Å². The summed E-state index contributed by atoms with van der Waals surface area (Å²) in [7, 11) is 0. The van der Waals surface area contributed by atoms with Crippen LogP contribution in [0.3, 0.4) is 0 Å². The number of nitrogens with zero attached hydrogens (tertiary/aromatic N) is 1. The van der Waals surface area contributed by atoms with Gasteiger partial charge in [0.15, 0.2) is 4.99 Å². The lowest BCUT2D eigenvalue weighted by Gasteiger charge is -2.34. The lowest BCUT2D eigenvalue weighted by Crippen LogP contribution is -2.48. The number of hydrogen-bond donors (Lipinski definition) is 2. The molecule has 0 radical (unpaired) electrons. The highest BCUT2D eigenvalue weighted by Crippen LogP contribution is 2.36. The summed E-state index contributed by atoms with van der Waals surface area (Å²) in [5, 5.41) is 11.3. The Morgan fingerprint density at radius 2 is 1.92 bits per heavy atom. The number of alkyl halides is 3. The summed E-state index contributed by atoms with van der Waals surface area (Å²) in [5.74, 6) is -1.24. The van der Waals surface area contributed by atoms with Crippen molar-refractivity contribution in [3.05, 3.63) is 41.6 Å². The lowest BCUT2D eigenvalue weighted by atomic mass is 10.1. The fourth-order valence-electron chi connectivity index (χ4n) is 2.16. The summed E-state index contributed by atoms with van der Waals surface area (Å²) in [4.78, 5) is 14.7. The van der Waals surface area contributed by atoms with E-state index in [0.717, 1.165) is 22.7 Å². The van der Waals surface area contributed by atoms with Crippen LogP contribution in [-0.2, 0) is 4.79 Å². The van der Waals surface area contributed by atoms with Gasteiger partial charge in [-0.1, -0.05) is 12.1 Å². The topological polar surface area (TPSA) is 61.7 Å². The molecule has 0 spiro atoms. The second-order valence-electron chi connectivity index (χ2n) is 4.97. The van der Waals surface area contributed by atoms with Crippen molar-refractivity contribution in [2.24, 2.45) is 4.99 Å². The third kappa shape index (κ3) is 4.27. The van der Waals surface area contributed by atoms with Gasteiger partial charge in [-0.25, -0.2) is 4.99 Å². The van der Waals surface area contributed by atoms with Crippen molar-refractivity contribution in [2.45, 2.75) is 22.5 Å². The second-order valence-corrected chi connectivity index (χ2v) is 6.93. The minimum atomic E-state index is -4.63. The number of rotatable bonds is 5. The molecule has 2 rings (SSSR count). The van der Waals surface area contributed by atoms with Crippen LogP contribution in [0.2, 0.25) is 0 Å². The van der Waals surface area contributed by atoms with Gasteiger partial charge in [-0.2, -0.15) is 13.2 Å². The molecule has 24 heavy (non-hydrogen) atoms. The number of allylic oxidation sites excluding steroid dienone is 2. The molecule has 1 aromatic carbocycles. The molecule has 0 saturated heterocycles. The molecule has 1 aromatic rings. The van der Waals surface area contributed by atoms with Gasteiger partial charge in [-0.05, 0) is 36.3 Å². The molecular formula is C15H15F3N2O2S2. The molecule has 1 heterocycles. The van der Waals surface area contributed by atoms with Crippen LogP contribution in [0.1, 0.15) is 12.0 Å². The molecule has 0 saturated carbocycles. The van der Waals surface area contributed by atoms with Gasteiger partial charge in [0.2, 0.25) is 0 Å². The van der Waals surface area contributed by atoms with E-state index >= 15 is 0 Å². The Morgan fingerprint density at radius 1 is 1.29 bits per heavy atom. The predicted octanol–water partition coefficient (Wildman–Crippen LogP) is 3.74. The second kappa shape index (κ2) is 7.10. The molecule has 130 valence electrons. The smallest absolute Gasteiger partial charge is 0.431 e. The number of halogens is 3. The first-order valence-electron chi connectivity index (χ1n) is 6.77. The summed E-state index contributed by atoms with van der Waals surface area (Å²) < 4.78 is 39.7. The molecule has 0 bridgehead atoms. The number of carboxylic acid groups (broad SMARTS) is 1. The van der Waals surface area contributed by atoms with Crippen LogP contribution in [0.4, 0.5) is 13.2 Å². The average Bonchev–Trinajstić information content (AvgIpc) is 2.53. The SMILES string of the molecule is CSc1ccc(C2=NC(CC(=O)O)(SC)NC(C(F)(F)F)=C2)cc1. The Bertz CT molecular complexity index is 687. The van der Waals surface area contributed by atoms with E-state index in [1.165, 1.54) is 18.0 Å². The van der Waals surface area contributed by atoms with Crippen molar-refractivity contribution in [3.63, 3.8) is 0 Å². The number of nitrogens with one attached hydrogen (secondary N) is 1. The Morgan fingerprint density at radius 3 is 2.38 bits per heavy atom. The number of hydrogen-bond acceptors (Lipinski definition) is 5. The quantitative estimate of drug-likeness (QED) is 0.767. The van der Waals surface area contributed by atoms with Gasteiger partial charge < -0.3 is 10.4 Å². The molecule has 1 atom stereocenters. The zero-order chi connectivity index (χ0) is 18.0. The highest BCUT2D eigenvalue weighted by atomic mass is 32.2. The molecule has 0 fully saturated rings. The largest absolute Gasteiger partial charge is 0.481 e. The summed E-state index contributed by atoms with van der Waals surface area (Å²) in [6.07, 6.45) is -0.879. The van der Waals surface area contributed by atoms with Gasteiger partial charge in [0.1, 0.15) is 5.70 Å². The highest BCUT2D eigenvalue weighted by molar-refractivity contribution is 8.00. The molecule has 0 aliphatic carbocycles. The maximum Gasteiger partial charge on any atom is 0.431 e. The molecule has 2 N–H and O–H groups in total. The van der Waals surface area contributed by atoms with E-state index < -0.39 is 29.3 Å². The molecule has 0 aromatic heterocycles. The van der Waals surface area contributed by atoms with Crippen LogP contribution in [0.15, 0.2) is 45.9 Å². The first-order chi connectivity index (χ1) is 11.2. The zero-order valence-electron chi connectivity index (χ0n) is 12.8. The van der Waals surface area contributed by atoms with E-state index in [1.54, 1.807) is 24.3 Å². The number of carbonyl (C=O) groups is 1. The maximum absolute atomic E-state index is 13.2. The van der Waals surface area contributed by atoms with Crippen molar-refractivity contribution in [3.8, 4) is 0 Å². The Kier molecular flexibility index (Phi) is 5.54. The van der Waals surface area contributed by atoms with Crippen molar-refractivity contribution in [2.75, 3.05) is 12.5 Å². The van der Waals surface area contributed by atoms with E-state index in [4.69, 9.17) is 5.11 Å². The normalized spacial score (nSPS) is 20.9. The van der Waals surface area contributed by atoms with Gasteiger partial charge in [-0.3, -0.25) is 4.79 Å². The van der Waals surface area contributed by atoms with Gasteiger partial charge in [0.05, 0.1) is 12.1 Å². The Balaban J connectivity index is 2.52. The summed E-state index contributed by atoms with van der Waals surface area (Å²) in [6.45, 7) is 0. The number of aliphatic carboxylic acids is 1. The summed E-state index contributed by atoms with van der Waals surface area (Å²) in [6, 6.07) is 6.91. The van der Waals surface area contributed by atoms with E-state index in [2.05, 4.69) is 10.3 Å². The van der Waals surface area contributed by atoms with Crippen LogP contribution in [0.5, 0.6) is 0 Å².